The molecule has 1 saturated heterocycles. The van der Waals surface area contributed by atoms with Crippen molar-refractivity contribution in [3.8, 4) is 0 Å². The molecule has 4 aromatic rings. The maximum absolute atomic E-state index is 10.9. The number of hydrogen-bond acceptors (Lipinski definition) is 4. The topological polar surface area (TPSA) is 57.7 Å². The summed E-state index contributed by atoms with van der Waals surface area (Å²) in [5, 5.41) is 13.4. The van der Waals surface area contributed by atoms with Gasteiger partial charge in [-0.2, -0.15) is 5.06 Å². The van der Waals surface area contributed by atoms with Gasteiger partial charge in [-0.05, 0) is 22.8 Å². The smallest absolute Gasteiger partial charge is 0.107 e. The number of nitrogens with one attached hydrogen (secondary N) is 1. The van der Waals surface area contributed by atoms with Gasteiger partial charge in [0.2, 0.25) is 0 Å². The van der Waals surface area contributed by atoms with Crippen molar-refractivity contribution >= 4 is 10.9 Å². The monoisotopic (exact) mass is 414 g/mol. The molecule has 1 aliphatic rings. The molecule has 0 spiro atoms. The van der Waals surface area contributed by atoms with Gasteiger partial charge in [-0.3, -0.25) is 0 Å². The van der Waals surface area contributed by atoms with E-state index in [0.29, 0.717) is 19.8 Å². The maximum Gasteiger partial charge on any atom is 0.107 e. The van der Waals surface area contributed by atoms with Crippen molar-refractivity contribution in [1.29, 1.82) is 0 Å². The first-order valence-electron chi connectivity index (χ1n) is 10.6. The molecular formula is C26H26N2O3. The van der Waals surface area contributed by atoms with Gasteiger partial charge < -0.3 is 19.7 Å². The molecule has 3 aromatic carbocycles. The molecule has 0 amide bonds. The first-order chi connectivity index (χ1) is 15.3. The van der Waals surface area contributed by atoms with Gasteiger partial charge in [-0.15, -0.1) is 0 Å². The molecule has 5 heteroatoms. The van der Waals surface area contributed by atoms with Crippen molar-refractivity contribution in [2.75, 3.05) is 6.54 Å². The van der Waals surface area contributed by atoms with Crippen LogP contribution in [0.15, 0.2) is 91.1 Å². The van der Waals surface area contributed by atoms with E-state index in [1.54, 1.807) is 0 Å². The van der Waals surface area contributed by atoms with Crippen LogP contribution in [0.3, 0.4) is 0 Å². The van der Waals surface area contributed by atoms with E-state index >= 15 is 0 Å². The number of H-pyrrole nitrogens is 1. The quantitative estimate of drug-likeness (QED) is 0.443. The molecule has 1 aliphatic heterocycles. The van der Waals surface area contributed by atoms with E-state index in [0.717, 1.165) is 27.6 Å². The zero-order chi connectivity index (χ0) is 21.0. The number of aromatic amines is 1. The summed E-state index contributed by atoms with van der Waals surface area (Å²) >= 11 is 0. The highest BCUT2D eigenvalue weighted by molar-refractivity contribution is 5.83. The summed E-state index contributed by atoms with van der Waals surface area (Å²) in [4.78, 5) is 3.32. The highest BCUT2D eigenvalue weighted by atomic mass is 16.6. The number of rotatable bonds is 7. The Balaban J connectivity index is 1.41. The second-order valence-electron chi connectivity index (χ2n) is 7.95. The first kappa shape index (κ1) is 20.0. The normalized spacial score (nSPS) is 21.6. The number of para-hydroxylation sites is 1. The van der Waals surface area contributed by atoms with E-state index < -0.39 is 0 Å². The lowest BCUT2D eigenvalue weighted by Gasteiger charge is -2.26. The summed E-state index contributed by atoms with van der Waals surface area (Å²) in [6.07, 6.45) is 1.40. The molecule has 31 heavy (non-hydrogen) atoms. The van der Waals surface area contributed by atoms with Crippen LogP contribution in [0.4, 0.5) is 0 Å². The number of fused-ring (bicyclic) bond motifs is 1. The second-order valence-corrected chi connectivity index (χ2v) is 7.95. The van der Waals surface area contributed by atoms with Crippen molar-refractivity contribution < 1.29 is 14.7 Å². The van der Waals surface area contributed by atoms with Crippen LogP contribution < -0.4 is 0 Å². The van der Waals surface area contributed by atoms with E-state index in [1.165, 1.54) is 5.06 Å². The Bertz CT molecular complexity index is 1110. The van der Waals surface area contributed by atoms with Crippen LogP contribution in [0.1, 0.15) is 22.7 Å². The third-order valence-corrected chi connectivity index (χ3v) is 5.90. The minimum atomic E-state index is -0.319. The van der Waals surface area contributed by atoms with Gasteiger partial charge in [-0.1, -0.05) is 78.9 Å². The zero-order valence-corrected chi connectivity index (χ0v) is 17.2. The number of benzene rings is 3. The van der Waals surface area contributed by atoms with E-state index in [2.05, 4.69) is 11.1 Å². The van der Waals surface area contributed by atoms with Gasteiger partial charge in [0.1, 0.15) is 12.2 Å². The van der Waals surface area contributed by atoms with Gasteiger partial charge in [-0.25, -0.2) is 0 Å². The van der Waals surface area contributed by atoms with Gasteiger partial charge >= 0.3 is 0 Å². The molecule has 0 saturated carbocycles. The molecule has 1 fully saturated rings. The zero-order valence-electron chi connectivity index (χ0n) is 17.2. The molecule has 1 aromatic heterocycles. The standard InChI is InChI=1S/C26H26N2O3/c29-28-16-24(30-17-19-9-3-1-4-10-19)26(31-18-20-11-5-2-6-12-20)25(28)22-15-27-23-14-8-7-13-21(22)23/h1-15,24-27,29H,16-18H2/t24-,25-,26+/m1/s1. The van der Waals surface area contributed by atoms with Crippen LogP contribution in [0.2, 0.25) is 0 Å². The average molecular weight is 415 g/mol. The van der Waals surface area contributed by atoms with Crippen molar-refractivity contribution in [2.45, 2.75) is 31.5 Å². The van der Waals surface area contributed by atoms with Crippen LogP contribution >= 0.6 is 0 Å². The Morgan fingerprint density at radius 3 is 2.13 bits per heavy atom. The van der Waals surface area contributed by atoms with Crippen LogP contribution in [0.5, 0.6) is 0 Å². The van der Waals surface area contributed by atoms with Crippen LogP contribution in [-0.4, -0.2) is 34.0 Å². The number of hydroxylamine groups is 2. The predicted octanol–water partition coefficient (Wildman–Crippen LogP) is 5.08. The number of ether oxygens (including phenoxy) is 2. The molecule has 5 nitrogen and oxygen atoms in total. The van der Waals surface area contributed by atoms with Crippen LogP contribution in [0.25, 0.3) is 10.9 Å². The van der Waals surface area contributed by atoms with E-state index in [1.807, 2.05) is 85.1 Å². The average Bonchev–Trinajstić information content (AvgIpc) is 3.37. The number of aromatic nitrogens is 1. The first-order valence-corrected chi connectivity index (χ1v) is 10.6. The Labute approximate surface area is 181 Å². The molecule has 3 atom stereocenters. The summed E-state index contributed by atoms with van der Waals surface area (Å²) in [5.74, 6) is 0. The summed E-state index contributed by atoms with van der Waals surface area (Å²) < 4.78 is 12.7. The van der Waals surface area contributed by atoms with Gasteiger partial charge in [0.05, 0.1) is 25.8 Å². The fraction of sp³-hybridized carbons (Fsp3) is 0.231. The van der Waals surface area contributed by atoms with E-state index in [9.17, 15) is 5.21 Å². The number of hydrogen-bond donors (Lipinski definition) is 2. The Morgan fingerprint density at radius 2 is 1.42 bits per heavy atom. The highest BCUT2D eigenvalue weighted by Gasteiger charge is 2.45. The van der Waals surface area contributed by atoms with Crippen LogP contribution in [0, 0.1) is 0 Å². The molecule has 0 bridgehead atoms. The second kappa shape index (κ2) is 9.04. The Kier molecular flexibility index (Phi) is 5.82. The molecule has 0 radical (unpaired) electrons. The van der Waals surface area contributed by atoms with Gasteiger partial charge in [0.25, 0.3) is 0 Å². The van der Waals surface area contributed by atoms with E-state index in [-0.39, 0.29) is 18.2 Å². The third kappa shape index (κ3) is 4.27. The molecule has 0 unspecified atom stereocenters. The van der Waals surface area contributed by atoms with Crippen molar-refractivity contribution in [3.63, 3.8) is 0 Å². The van der Waals surface area contributed by atoms with Gasteiger partial charge in [0, 0.05) is 17.1 Å². The maximum atomic E-state index is 10.9. The van der Waals surface area contributed by atoms with Gasteiger partial charge in [0.15, 0.2) is 0 Å². The van der Waals surface area contributed by atoms with Crippen molar-refractivity contribution in [2.24, 2.45) is 0 Å². The summed E-state index contributed by atoms with van der Waals surface area (Å²) in [6.45, 7) is 1.32. The summed E-state index contributed by atoms with van der Waals surface area (Å²) in [5.41, 5.74) is 4.26. The van der Waals surface area contributed by atoms with Crippen LogP contribution in [-0.2, 0) is 22.7 Å². The minimum absolute atomic E-state index is 0.257. The van der Waals surface area contributed by atoms with Crippen molar-refractivity contribution in [1.82, 2.24) is 10.0 Å². The summed E-state index contributed by atoms with van der Waals surface area (Å²) in [7, 11) is 0. The summed E-state index contributed by atoms with van der Waals surface area (Å²) in [6, 6.07) is 28.0. The van der Waals surface area contributed by atoms with Crippen molar-refractivity contribution in [3.05, 3.63) is 108 Å². The molecule has 5 rings (SSSR count). The predicted molar refractivity (Wildman–Crippen MR) is 120 cm³/mol. The lowest BCUT2D eigenvalue weighted by molar-refractivity contribution is -0.126. The SMILES string of the molecule is ON1C[C@@H](OCc2ccccc2)[C@H](OCc2ccccc2)[C@H]1c1c[nH]c2ccccc12. The minimum Gasteiger partial charge on any atom is -0.369 e. The molecule has 0 aliphatic carbocycles. The lowest BCUT2D eigenvalue weighted by Crippen LogP contribution is -2.32. The largest absolute Gasteiger partial charge is 0.369 e. The third-order valence-electron chi connectivity index (χ3n) is 5.90. The highest BCUT2D eigenvalue weighted by Crippen LogP contribution is 2.38. The number of nitrogens with zero attached hydrogens (tertiary/aromatic N) is 1. The Hall–Kier alpha value is -2.96. The molecule has 2 heterocycles. The molecule has 158 valence electrons. The lowest BCUT2D eigenvalue weighted by atomic mass is 10.0. The molecular weight excluding hydrogens is 388 g/mol. The Morgan fingerprint density at radius 1 is 0.806 bits per heavy atom. The molecule has 2 N–H and O–H groups in total. The fourth-order valence-electron chi connectivity index (χ4n) is 4.34. The fourth-order valence-corrected chi connectivity index (χ4v) is 4.34. The van der Waals surface area contributed by atoms with E-state index in [4.69, 9.17) is 9.47 Å².